The zero-order valence-corrected chi connectivity index (χ0v) is 8.49. The van der Waals surface area contributed by atoms with Gasteiger partial charge in [0.25, 0.3) is 0 Å². The van der Waals surface area contributed by atoms with Crippen molar-refractivity contribution < 1.29 is 4.74 Å². The molecule has 3 heteroatoms. The molecule has 3 nitrogen and oxygen atoms in total. The van der Waals surface area contributed by atoms with Crippen LogP contribution in [0.25, 0.3) is 0 Å². The van der Waals surface area contributed by atoms with Crippen molar-refractivity contribution in [2.75, 3.05) is 0 Å². The fraction of sp³-hybridized carbons (Fsp3) is 1.00. The zero-order chi connectivity index (χ0) is 9.42. The summed E-state index contributed by atoms with van der Waals surface area (Å²) in [4.78, 5) is 0. The van der Waals surface area contributed by atoms with E-state index in [9.17, 15) is 0 Å². The molecular weight excluding hydrogens is 164 g/mol. The quantitative estimate of drug-likeness (QED) is 0.676. The van der Waals surface area contributed by atoms with Gasteiger partial charge in [-0.1, -0.05) is 0 Å². The van der Waals surface area contributed by atoms with Crippen LogP contribution in [0.15, 0.2) is 0 Å². The summed E-state index contributed by atoms with van der Waals surface area (Å²) in [5.74, 6) is 0. The Labute approximate surface area is 80.0 Å². The van der Waals surface area contributed by atoms with Gasteiger partial charge in [0.1, 0.15) is 0 Å². The monoisotopic (exact) mass is 184 g/mol. The highest BCUT2D eigenvalue weighted by Gasteiger charge is 2.41. The minimum atomic E-state index is 0.221. The van der Waals surface area contributed by atoms with Gasteiger partial charge in [-0.3, -0.25) is 0 Å². The summed E-state index contributed by atoms with van der Waals surface area (Å²) < 4.78 is 5.76. The minimum Gasteiger partial charge on any atom is -0.373 e. The summed E-state index contributed by atoms with van der Waals surface area (Å²) in [6, 6.07) is 1.17. The predicted octanol–water partition coefficient (Wildman–Crippen LogP) is 0.632. The largest absolute Gasteiger partial charge is 0.373 e. The Morgan fingerprint density at radius 2 is 2.15 bits per heavy atom. The van der Waals surface area contributed by atoms with Crippen molar-refractivity contribution in [1.82, 2.24) is 5.32 Å². The summed E-state index contributed by atoms with van der Waals surface area (Å²) in [5, 5.41) is 3.56. The van der Waals surface area contributed by atoms with Crippen LogP contribution in [-0.4, -0.2) is 30.3 Å². The summed E-state index contributed by atoms with van der Waals surface area (Å²) in [6.45, 7) is 4.20. The van der Waals surface area contributed by atoms with Crippen molar-refractivity contribution in [3.63, 3.8) is 0 Å². The van der Waals surface area contributed by atoms with E-state index in [1.807, 2.05) is 6.92 Å². The third kappa shape index (κ3) is 1.87. The van der Waals surface area contributed by atoms with E-state index in [0.29, 0.717) is 24.3 Å². The Morgan fingerprint density at radius 3 is 2.62 bits per heavy atom. The molecule has 0 amide bonds. The molecule has 0 aromatic carbocycles. The van der Waals surface area contributed by atoms with Gasteiger partial charge in [0, 0.05) is 18.1 Å². The van der Waals surface area contributed by atoms with Crippen LogP contribution in [0.1, 0.15) is 33.1 Å². The van der Waals surface area contributed by atoms with Crippen LogP contribution in [0.5, 0.6) is 0 Å². The van der Waals surface area contributed by atoms with Crippen molar-refractivity contribution >= 4 is 0 Å². The summed E-state index contributed by atoms with van der Waals surface area (Å²) in [7, 11) is 0. The lowest BCUT2D eigenvalue weighted by molar-refractivity contribution is 0.0959. The normalized spacial score (nSPS) is 42.2. The molecule has 0 aromatic rings. The summed E-state index contributed by atoms with van der Waals surface area (Å²) in [6.07, 6.45) is 4.67. The van der Waals surface area contributed by atoms with Gasteiger partial charge < -0.3 is 15.8 Å². The molecule has 0 radical (unpaired) electrons. The van der Waals surface area contributed by atoms with E-state index in [0.717, 1.165) is 0 Å². The van der Waals surface area contributed by atoms with Gasteiger partial charge in [0.2, 0.25) is 0 Å². The first-order chi connectivity index (χ1) is 6.16. The highest BCUT2D eigenvalue weighted by molar-refractivity contribution is 4.95. The van der Waals surface area contributed by atoms with E-state index in [1.54, 1.807) is 0 Å². The fourth-order valence-electron chi connectivity index (χ4n) is 2.30. The topological polar surface area (TPSA) is 47.3 Å². The van der Waals surface area contributed by atoms with E-state index in [1.165, 1.54) is 19.3 Å². The molecule has 0 spiro atoms. The zero-order valence-electron chi connectivity index (χ0n) is 8.49. The Bertz CT molecular complexity index is 184. The summed E-state index contributed by atoms with van der Waals surface area (Å²) >= 11 is 0. The Kier molecular flexibility index (Phi) is 2.58. The number of nitrogens with two attached hydrogens (primary N) is 1. The molecule has 5 atom stereocenters. The maximum Gasteiger partial charge on any atom is 0.0733 e. The van der Waals surface area contributed by atoms with Gasteiger partial charge in [0.15, 0.2) is 0 Å². The average Bonchev–Trinajstić information content (AvgIpc) is 2.64. The molecule has 2 fully saturated rings. The van der Waals surface area contributed by atoms with Crippen LogP contribution in [0.3, 0.4) is 0 Å². The van der Waals surface area contributed by atoms with Gasteiger partial charge in [0.05, 0.1) is 12.2 Å². The third-order valence-corrected chi connectivity index (χ3v) is 3.37. The van der Waals surface area contributed by atoms with Crippen LogP contribution in [0.2, 0.25) is 0 Å². The minimum absolute atomic E-state index is 0.221. The molecule has 2 saturated heterocycles. The second-order valence-corrected chi connectivity index (χ2v) is 4.53. The molecule has 2 rings (SSSR count). The molecule has 2 aliphatic heterocycles. The van der Waals surface area contributed by atoms with Crippen LogP contribution >= 0.6 is 0 Å². The molecule has 2 heterocycles. The van der Waals surface area contributed by atoms with Crippen molar-refractivity contribution in [3.8, 4) is 0 Å². The molecule has 0 aromatic heterocycles. The Hall–Kier alpha value is -0.120. The van der Waals surface area contributed by atoms with Crippen LogP contribution < -0.4 is 11.1 Å². The molecule has 0 saturated carbocycles. The standard InChI is InChI=1S/C10H20N2O/c1-6(11)7(2)12-9-5-8-3-4-10(9)13-8/h6-10,12H,3-5,11H2,1-2H3. The van der Waals surface area contributed by atoms with Gasteiger partial charge >= 0.3 is 0 Å². The van der Waals surface area contributed by atoms with E-state index in [-0.39, 0.29) is 6.04 Å². The third-order valence-electron chi connectivity index (χ3n) is 3.37. The lowest BCUT2D eigenvalue weighted by Crippen LogP contribution is -2.49. The number of rotatable bonds is 3. The van der Waals surface area contributed by atoms with Crippen molar-refractivity contribution in [2.24, 2.45) is 5.73 Å². The van der Waals surface area contributed by atoms with Crippen LogP contribution in [0.4, 0.5) is 0 Å². The molecule has 3 N–H and O–H groups in total. The number of ether oxygens (including phenoxy) is 1. The van der Waals surface area contributed by atoms with E-state index < -0.39 is 0 Å². The molecule has 0 aliphatic carbocycles. The first-order valence-corrected chi connectivity index (χ1v) is 5.34. The Balaban J connectivity index is 1.83. The molecule has 13 heavy (non-hydrogen) atoms. The molecule has 2 bridgehead atoms. The highest BCUT2D eigenvalue weighted by atomic mass is 16.5. The van der Waals surface area contributed by atoms with E-state index in [4.69, 9.17) is 10.5 Å². The molecule has 2 aliphatic rings. The van der Waals surface area contributed by atoms with E-state index >= 15 is 0 Å². The van der Waals surface area contributed by atoms with Gasteiger partial charge in [-0.05, 0) is 33.1 Å². The molecular formula is C10H20N2O. The number of nitrogens with one attached hydrogen (secondary N) is 1. The second kappa shape index (κ2) is 3.56. The van der Waals surface area contributed by atoms with Crippen LogP contribution in [-0.2, 0) is 4.74 Å². The number of fused-ring (bicyclic) bond motifs is 2. The maximum atomic E-state index is 5.81. The van der Waals surface area contributed by atoms with Crippen molar-refractivity contribution in [2.45, 2.75) is 63.4 Å². The lowest BCUT2D eigenvalue weighted by atomic mass is 9.94. The number of hydrogen-bond donors (Lipinski definition) is 2. The SMILES string of the molecule is CC(N)C(C)NC1CC2CCC1O2. The van der Waals surface area contributed by atoms with Gasteiger partial charge in [-0.15, -0.1) is 0 Å². The maximum absolute atomic E-state index is 5.81. The van der Waals surface area contributed by atoms with E-state index in [2.05, 4.69) is 12.2 Å². The first-order valence-electron chi connectivity index (χ1n) is 5.34. The van der Waals surface area contributed by atoms with Crippen LogP contribution in [0, 0.1) is 0 Å². The predicted molar refractivity (Wildman–Crippen MR) is 52.5 cm³/mol. The fourth-order valence-corrected chi connectivity index (χ4v) is 2.30. The number of hydrogen-bond acceptors (Lipinski definition) is 3. The van der Waals surface area contributed by atoms with Gasteiger partial charge in [-0.2, -0.15) is 0 Å². The second-order valence-electron chi connectivity index (χ2n) is 4.53. The smallest absolute Gasteiger partial charge is 0.0733 e. The molecule has 5 unspecified atom stereocenters. The summed E-state index contributed by atoms with van der Waals surface area (Å²) in [5.41, 5.74) is 5.81. The van der Waals surface area contributed by atoms with Gasteiger partial charge in [-0.25, -0.2) is 0 Å². The lowest BCUT2D eigenvalue weighted by Gasteiger charge is -2.26. The molecule has 76 valence electrons. The average molecular weight is 184 g/mol. The van der Waals surface area contributed by atoms with Crippen molar-refractivity contribution in [3.05, 3.63) is 0 Å². The highest BCUT2D eigenvalue weighted by Crippen LogP contribution is 2.34. The van der Waals surface area contributed by atoms with Crippen molar-refractivity contribution in [1.29, 1.82) is 0 Å². The first kappa shape index (κ1) is 9.44. The Morgan fingerprint density at radius 1 is 1.38 bits per heavy atom.